The summed E-state index contributed by atoms with van der Waals surface area (Å²) in [7, 11) is -1.31. The number of rotatable bonds is 8. The lowest BCUT2D eigenvalue weighted by atomic mass is 9.72. The van der Waals surface area contributed by atoms with Crippen LogP contribution >= 0.6 is 0 Å². The summed E-state index contributed by atoms with van der Waals surface area (Å²) in [5.74, 6) is -1.42. The fourth-order valence-corrected chi connectivity index (χ4v) is 2.72. The van der Waals surface area contributed by atoms with Gasteiger partial charge in [0.15, 0.2) is 0 Å². The van der Waals surface area contributed by atoms with Crippen molar-refractivity contribution in [2.24, 2.45) is 0 Å². The van der Waals surface area contributed by atoms with Gasteiger partial charge in [-0.05, 0) is 24.5 Å². The third kappa shape index (κ3) is 6.12. The number of hydrogen-bond donors (Lipinski definition) is 2. The first-order chi connectivity index (χ1) is 13.9. The fourth-order valence-electron chi connectivity index (χ4n) is 2.72. The Morgan fingerprint density at radius 3 is 2.69 bits per heavy atom. The van der Waals surface area contributed by atoms with E-state index < -0.39 is 31.5 Å². The van der Waals surface area contributed by atoms with Gasteiger partial charge in [-0.1, -0.05) is 32.9 Å². The van der Waals surface area contributed by atoms with Crippen LogP contribution in [0.15, 0.2) is 18.2 Å². The van der Waals surface area contributed by atoms with Crippen LogP contribution in [0.25, 0.3) is 0 Å². The quantitative estimate of drug-likeness (QED) is 0.381. The van der Waals surface area contributed by atoms with Crippen molar-refractivity contribution in [3.8, 4) is 5.75 Å². The minimum absolute atomic E-state index is 0.0887. The van der Waals surface area contributed by atoms with E-state index in [1.807, 2.05) is 6.92 Å². The molecule has 29 heavy (non-hydrogen) atoms. The van der Waals surface area contributed by atoms with Crippen LogP contribution in [0, 0.1) is 0 Å². The second-order valence-corrected chi connectivity index (χ2v) is 6.49. The first-order valence-electron chi connectivity index (χ1n) is 9.69. The molecule has 1 amide bonds. The zero-order chi connectivity index (χ0) is 21.4. The Labute approximate surface area is 169 Å². The van der Waals surface area contributed by atoms with Crippen molar-refractivity contribution in [2.45, 2.75) is 58.7 Å². The Kier molecular flexibility index (Phi) is 8.32. The Hall–Kier alpha value is -2.75. The molecule has 2 atom stereocenters. The number of fused-ring (bicyclic) bond motifs is 1. The van der Waals surface area contributed by atoms with Gasteiger partial charge in [0.05, 0.1) is 12.5 Å². The highest BCUT2D eigenvalue weighted by molar-refractivity contribution is 6.47. The predicted octanol–water partition coefficient (Wildman–Crippen LogP) is 1.99. The first-order valence-corrected chi connectivity index (χ1v) is 9.69. The molecule has 1 heterocycles. The number of benzene rings is 1. The summed E-state index contributed by atoms with van der Waals surface area (Å²) in [6.45, 7) is 5.44. The molecule has 0 radical (unpaired) electrons. The molecule has 0 aromatic heterocycles. The van der Waals surface area contributed by atoms with Crippen LogP contribution in [-0.4, -0.2) is 49.0 Å². The maximum absolute atomic E-state index is 12.6. The molecule has 1 aromatic carbocycles. The molecule has 0 fully saturated rings. The van der Waals surface area contributed by atoms with Gasteiger partial charge >= 0.3 is 19.2 Å². The van der Waals surface area contributed by atoms with E-state index in [9.17, 15) is 19.4 Å². The molecular weight excluding hydrogens is 381 g/mol. The Morgan fingerprint density at radius 1 is 1.28 bits per heavy atom. The number of para-hydroxylation sites is 1. The van der Waals surface area contributed by atoms with Crippen LogP contribution in [-0.2, 0) is 25.4 Å². The summed E-state index contributed by atoms with van der Waals surface area (Å²) in [6.07, 6.45) is -0.588. The lowest BCUT2D eigenvalue weighted by Gasteiger charge is -2.29. The number of esters is 1. The Bertz CT molecular complexity index is 741. The predicted molar refractivity (Wildman–Crippen MR) is 103 cm³/mol. The molecule has 0 saturated heterocycles. The molecular formula is C19H26BNO8. The van der Waals surface area contributed by atoms with Gasteiger partial charge in [-0.3, -0.25) is 4.79 Å². The third-order valence-corrected chi connectivity index (χ3v) is 4.23. The van der Waals surface area contributed by atoms with Gasteiger partial charge in [0.25, 0.3) is 6.29 Å². The van der Waals surface area contributed by atoms with Gasteiger partial charge in [-0.25, -0.2) is 9.59 Å². The molecule has 158 valence electrons. The van der Waals surface area contributed by atoms with Gasteiger partial charge in [0, 0.05) is 12.8 Å². The standard InChI is InChI=1S/C19H26BNO8/c1-4-10-26-19(24)28-16(6-3)27-18(23)13-9-7-8-12-11-14(21-15(22)5-2)20(25)29-17(12)13/h7-9,14,16,25H,4-6,10-11H2,1-3H3,(H,21,22)/t14-,16?/m0/s1. The van der Waals surface area contributed by atoms with Crippen LogP contribution in [0.3, 0.4) is 0 Å². The molecule has 9 nitrogen and oxygen atoms in total. The maximum atomic E-state index is 12.6. The van der Waals surface area contributed by atoms with Crippen molar-refractivity contribution in [1.82, 2.24) is 5.32 Å². The number of hydrogen-bond acceptors (Lipinski definition) is 8. The van der Waals surface area contributed by atoms with Crippen LogP contribution in [0.4, 0.5) is 4.79 Å². The molecule has 10 heteroatoms. The van der Waals surface area contributed by atoms with Crippen molar-refractivity contribution in [3.63, 3.8) is 0 Å². The number of ether oxygens (including phenoxy) is 3. The van der Waals surface area contributed by atoms with Gasteiger partial charge in [-0.15, -0.1) is 0 Å². The molecule has 1 aliphatic rings. The van der Waals surface area contributed by atoms with Gasteiger partial charge < -0.3 is 29.2 Å². The lowest BCUT2D eigenvalue weighted by Crippen LogP contribution is -2.53. The lowest BCUT2D eigenvalue weighted by molar-refractivity contribution is -0.121. The van der Waals surface area contributed by atoms with Crippen molar-refractivity contribution in [3.05, 3.63) is 29.3 Å². The average molecular weight is 407 g/mol. The molecule has 0 spiro atoms. The molecule has 0 bridgehead atoms. The van der Waals surface area contributed by atoms with Crippen molar-refractivity contribution < 1.29 is 38.3 Å². The second kappa shape index (κ2) is 10.7. The molecule has 1 aromatic rings. The van der Waals surface area contributed by atoms with E-state index in [0.717, 1.165) is 0 Å². The summed E-state index contributed by atoms with van der Waals surface area (Å²) in [5, 5.41) is 12.9. The van der Waals surface area contributed by atoms with Crippen molar-refractivity contribution in [1.29, 1.82) is 0 Å². The second-order valence-electron chi connectivity index (χ2n) is 6.49. The number of amides is 1. The van der Waals surface area contributed by atoms with E-state index in [0.29, 0.717) is 18.4 Å². The van der Waals surface area contributed by atoms with Gasteiger partial charge in [-0.2, -0.15) is 0 Å². The summed E-state index contributed by atoms with van der Waals surface area (Å²) in [4.78, 5) is 35.8. The number of carbonyl (C=O) groups is 3. The smallest absolute Gasteiger partial charge is 0.534 e. The van der Waals surface area contributed by atoms with E-state index in [2.05, 4.69) is 5.32 Å². The van der Waals surface area contributed by atoms with E-state index >= 15 is 0 Å². The fraction of sp³-hybridized carbons (Fsp3) is 0.526. The zero-order valence-corrected chi connectivity index (χ0v) is 16.8. The number of carbonyl (C=O) groups excluding carboxylic acids is 3. The largest absolute Gasteiger partial charge is 0.547 e. The zero-order valence-electron chi connectivity index (χ0n) is 16.8. The van der Waals surface area contributed by atoms with Gasteiger partial charge in [0.2, 0.25) is 5.91 Å². The monoisotopic (exact) mass is 407 g/mol. The summed E-state index contributed by atoms with van der Waals surface area (Å²) < 4.78 is 20.6. The highest BCUT2D eigenvalue weighted by Gasteiger charge is 2.38. The number of nitrogens with one attached hydrogen (secondary N) is 1. The first kappa shape index (κ1) is 22.5. The van der Waals surface area contributed by atoms with E-state index in [-0.39, 0.29) is 36.7 Å². The Balaban J connectivity index is 2.10. The minimum Gasteiger partial charge on any atom is -0.534 e. The van der Waals surface area contributed by atoms with Crippen LogP contribution < -0.4 is 9.97 Å². The van der Waals surface area contributed by atoms with Gasteiger partial charge in [0.1, 0.15) is 11.3 Å². The van der Waals surface area contributed by atoms with Crippen LogP contribution in [0.1, 0.15) is 56.0 Å². The molecule has 1 unspecified atom stereocenters. The highest BCUT2D eigenvalue weighted by atomic mass is 16.8. The highest BCUT2D eigenvalue weighted by Crippen LogP contribution is 2.31. The average Bonchev–Trinajstić information content (AvgIpc) is 2.71. The van der Waals surface area contributed by atoms with E-state index in [4.69, 9.17) is 18.9 Å². The third-order valence-electron chi connectivity index (χ3n) is 4.23. The Morgan fingerprint density at radius 2 is 2.03 bits per heavy atom. The summed E-state index contributed by atoms with van der Waals surface area (Å²) in [6, 6.07) is 4.87. The summed E-state index contributed by atoms with van der Waals surface area (Å²) >= 11 is 0. The van der Waals surface area contributed by atoms with Crippen molar-refractivity contribution >= 4 is 25.2 Å². The van der Waals surface area contributed by atoms with Crippen molar-refractivity contribution in [2.75, 3.05) is 6.61 Å². The van der Waals surface area contributed by atoms with E-state index in [1.165, 1.54) is 6.07 Å². The maximum Gasteiger partial charge on any atom is 0.547 e. The molecule has 2 N–H and O–H groups in total. The molecule has 0 aliphatic carbocycles. The van der Waals surface area contributed by atoms with E-state index in [1.54, 1.807) is 26.0 Å². The normalized spacial score (nSPS) is 16.1. The topological polar surface area (TPSA) is 120 Å². The SMILES string of the molecule is CCCOC(=O)OC(CC)OC(=O)c1cccc2c1OB(O)[C@@H](NC(=O)CC)C2. The molecule has 0 saturated carbocycles. The van der Waals surface area contributed by atoms with Crippen LogP contribution in [0.2, 0.25) is 0 Å². The minimum atomic E-state index is -1.31. The molecule has 1 aliphatic heterocycles. The van der Waals surface area contributed by atoms with Crippen LogP contribution in [0.5, 0.6) is 5.75 Å². The summed E-state index contributed by atoms with van der Waals surface area (Å²) in [5.41, 5.74) is 0.730. The molecule has 2 rings (SSSR count).